The van der Waals surface area contributed by atoms with Crippen molar-refractivity contribution >= 4 is 0 Å². The Balaban J connectivity index is 2.88. The standard InChI is InChI=1S/C9H16O4/c1-4-9(5-2)12-7(10)6(3)8(11)13-9/h7,10-11H,4-5H2,1-3H3. The minimum atomic E-state index is -1.06. The van der Waals surface area contributed by atoms with E-state index in [0.29, 0.717) is 18.4 Å². The van der Waals surface area contributed by atoms with Gasteiger partial charge in [-0.1, -0.05) is 13.8 Å². The average Bonchev–Trinajstić information content (AvgIpc) is 2.13. The number of hydrogen-bond donors (Lipinski definition) is 2. The molecule has 0 aromatic carbocycles. The van der Waals surface area contributed by atoms with E-state index in [1.54, 1.807) is 6.92 Å². The van der Waals surface area contributed by atoms with Crippen LogP contribution in [0.1, 0.15) is 33.6 Å². The molecule has 0 spiro atoms. The van der Waals surface area contributed by atoms with E-state index >= 15 is 0 Å². The first-order valence-corrected chi connectivity index (χ1v) is 4.49. The fourth-order valence-corrected chi connectivity index (χ4v) is 1.24. The quantitative estimate of drug-likeness (QED) is 0.691. The van der Waals surface area contributed by atoms with Crippen LogP contribution in [0, 0.1) is 0 Å². The predicted molar refractivity (Wildman–Crippen MR) is 46.8 cm³/mol. The van der Waals surface area contributed by atoms with E-state index in [4.69, 9.17) is 9.47 Å². The fraction of sp³-hybridized carbons (Fsp3) is 0.778. The van der Waals surface area contributed by atoms with E-state index < -0.39 is 12.1 Å². The Hall–Kier alpha value is -0.740. The van der Waals surface area contributed by atoms with Crippen LogP contribution in [0.4, 0.5) is 0 Å². The highest BCUT2D eigenvalue weighted by Crippen LogP contribution is 2.32. The smallest absolute Gasteiger partial charge is 0.283 e. The molecule has 4 heteroatoms. The van der Waals surface area contributed by atoms with Crippen LogP contribution in [0.2, 0.25) is 0 Å². The van der Waals surface area contributed by atoms with Gasteiger partial charge in [-0.05, 0) is 6.92 Å². The van der Waals surface area contributed by atoms with Crippen molar-refractivity contribution in [1.29, 1.82) is 0 Å². The summed E-state index contributed by atoms with van der Waals surface area (Å²) in [5.74, 6) is -1.09. The van der Waals surface area contributed by atoms with Crippen molar-refractivity contribution in [2.45, 2.75) is 45.7 Å². The first-order chi connectivity index (χ1) is 6.04. The van der Waals surface area contributed by atoms with Gasteiger partial charge in [-0.3, -0.25) is 0 Å². The second-order valence-electron chi connectivity index (χ2n) is 3.18. The van der Waals surface area contributed by atoms with Gasteiger partial charge < -0.3 is 19.7 Å². The van der Waals surface area contributed by atoms with Crippen LogP contribution in [-0.2, 0) is 9.47 Å². The number of aliphatic hydroxyl groups is 2. The summed E-state index contributed by atoms with van der Waals surface area (Å²) in [6.45, 7) is 5.32. The van der Waals surface area contributed by atoms with Gasteiger partial charge in [-0.2, -0.15) is 0 Å². The van der Waals surface area contributed by atoms with Crippen LogP contribution in [0.3, 0.4) is 0 Å². The normalized spacial score (nSPS) is 27.2. The van der Waals surface area contributed by atoms with E-state index in [-0.39, 0.29) is 5.95 Å². The van der Waals surface area contributed by atoms with Crippen LogP contribution in [0.25, 0.3) is 0 Å². The van der Waals surface area contributed by atoms with Crippen molar-refractivity contribution < 1.29 is 19.7 Å². The van der Waals surface area contributed by atoms with E-state index in [9.17, 15) is 10.2 Å². The van der Waals surface area contributed by atoms with Crippen LogP contribution in [0.15, 0.2) is 11.5 Å². The van der Waals surface area contributed by atoms with Gasteiger partial charge in [0.1, 0.15) is 0 Å². The lowest BCUT2D eigenvalue weighted by Crippen LogP contribution is -2.43. The molecule has 76 valence electrons. The number of aliphatic hydroxyl groups excluding tert-OH is 2. The number of hydrogen-bond acceptors (Lipinski definition) is 4. The van der Waals surface area contributed by atoms with Gasteiger partial charge >= 0.3 is 0 Å². The maximum atomic E-state index is 9.43. The fourth-order valence-electron chi connectivity index (χ4n) is 1.24. The number of rotatable bonds is 2. The highest BCUT2D eigenvalue weighted by molar-refractivity contribution is 5.05. The SMILES string of the molecule is CCC1(CC)OC(O)=C(C)C(O)O1. The average molecular weight is 188 g/mol. The molecule has 1 aliphatic rings. The zero-order valence-corrected chi connectivity index (χ0v) is 8.20. The van der Waals surface area contributed by atoms with Crippen molar-refractivity contribution in [2.75, 3.05) is 0 Å². The Morgan fingerprint density at radius 1 is 1.38 bits per heavy atom. The highest BCUT2D eigenvalue weighted by atomic mass is 16.8. The summed E-state index contributed by atoms with van der Waals surface area (Å²) in [7, 11) is 0. The second kappa shape index (κ2) is 3.55. The molecule has 0 saturated heterocycles. The maximum Gasteiger partial charge on any atom is 0.283 e. The molecule has 0 bridgehead atoms. The van der Waals surface area contributed by atoms with Crippen LogP contribution >= 0.6 is 0 Å². The van der Waals surface area contributed by atoms with Crippen LogP contribution in [-0.4, -0.2) is 22.3 Å². The lowest BCUT2D eigenvalue weighted by Gasteiger charge is -2.38. The molecule has 0 aromatic rings. The molecule has 0 aromatic heterocycles. The second-order valence-corrected chi connectivity index (χ2v) is 3.18. The zero-order chi connectivity index (χ0) is 10.1. The third-order valence-electron chi connectivity index (χ3n) is 2.39. The third kappa shape index (κ3) is 1.78. The molecule has 0 radical (unpaired) electrons. The molecule has 13 heavy (non-hydrogen) atoms. The lowest BCUT2D eigenvalue weighted by molar-refractivity contribution is -0.308. The molecule has 0 fully saturated rings. The van der Waals surface area contributed by atoms with Crippen LogP contribution in [0.5, 0.6) is 0 Å². The molecule has 0 saturated carbocycles. The van der Waals surface area contributed by atoms with Gasteiger partial charge in [0, 0.05) is 12.8 Å². The first kappa shape index (κ1) is 10.3. The summed E-state index contributed by atoms with van der Waals surface area (Å²) in [5.41, 5.74) is 0.317. The molecule has 0 amide bonds. The van der Waals surface area contributed by atoms with Gasteiger partial charge in [0.05, 0.1) is 5.57 Å². The van der Waals surface area contributed by atoms with Crippen molar-refractivity contribution in [1.82, 2.24) is 0 Å². The number of ether oxygens (including phenoxy) is 2. The summed E-state index contributed by atoms with van der Waals surface area (Å²) in [6, 6.07) is 0. The van der Waals surface area contributed by atoms with Crippen molar-refractivity contribution in [3.8, 4) is 0 Å². The minimum absolute atomic E-state index is 0.220. The monoisotopic (exact) mass is 188 g/mol. The summed E-state index contributed by atoms with van der Waals surface area (Å²) in [6.07, 6.45) is 0.101. The molecule has 1 atom stereocenters. The topological polar surface area (TPSA) is 58.9 Å². The Bertz CT molecular complexity index is 218. The molecule has 2 N–H and O–H groups in total. The molecule has 1 aliphatic heterocycles. The molecule has 0 aliphatic carbocycles. The molecule has 1 unspecified atom stereocenters. The van der Waals surface area contributed by atoms with E-state index in [2.05, 4.69) is 0 Å². The molecule has 4 nitrogen and oxygen atoms in total. The van der Waals surface area contributed by atoms with Crippen LogP contribution < -0.4 is 0 Å². The Kier molecular flexibility index (Phi) is 2.83. The van der Waals surface area contributed by atoms with Gasteiger partial charge in [0.15, 0.2) is 6.29 Å². The van der Waals surface area contributed by atoms with E-state index in [0.717, 1.165) is 0 Å². The van der Waals surface area contributed by atoms with E-state index in [1.165, 1.54) is 0 Å². The largest absolute Gasteiger partial charge is 0.481 e. The molecule has 1 heterocycles. The minimum Gasteiger partial charge on any atom is -0.481 e. The summed E-state index contributed by atoms with van der Waals surface area (Å²) in [5, 5.41) is 18.8. The first-order valence-electron chi connectivity index (χ1n) is 4.49. The van der Waals surface area contributed by atoms with E-state index in [1.807, 2.05) is 13.8 Å². The van der Waals surface area contributed by atoms with Crippen molar-refractivity contribution in [2.24, 2.45) is 0 Å². The Labute approximate surface area is 77.8 Å². The molecule has 1 rings (SSSR count). The summed E-state index contributed by atoms with van der Waals surface area (Å²) in [4.78, 5) is 0. The highest BCUT2D eigenvalue weighted by Gasteiger charge is 2.38. The summed E-state index contributed by atoms with van der Waals surface area (Å²) < 4.78 is 10.5. The van der Waals surface area contributed by atoms with Gasteiger partial charge in [0.25, 0.3) is 5.95 Å². The predicted octanol–water partition coefficient (Wildman–Crippen LogP) is 1.66. The third-order valence-corrected chi connectivity index (χ3v) is 2.39. The van der Waals surface area contributed by atoms with Gasteiger partial charge in [0.2, 0.25) is 5.79 Å². The Morgan fingerprint density at radius 3 is 2.31 bits per heavy atom. The zero-order valence-electron chi connectivity index (χ0n) is 8.20. The maximum absolute atomic E-state index is 9.43. The van der Waals surface area contributed by atoms with Gasteiger partial charge in [-0.25, -0.2) is 0 Å². The van der Waals surface area contributed by atoms with Gasteiger partial charge in [-0.15, -0.1) is 0 Å². The molecular weight excluding hydrogens is 172 g/mol. The van der Waals surface area contributed by atoms with Crippen molar-refractivity contribution in [3.05, 3.63) is 11.5 Å². The summed E-state index contributed by atoms with van der Waals surface area (Å²) >= 11 is 0. The van der Waals surface area contributed by atoms with Crippen molar-refractivity contribution in [3.63, 3.8) is 0 Å². The molecular formula is C9H16O4. The lowest BCUT2D eigenvalue weighted by atomic mass is 10.1. The Morgan fingerprint density at radius 2 is 1.92 bits per heavy atom.